The molecule has 0 aromatic heterocycles. The molecule has 6 fully saturated rings. The highest BCUT2D eigenvalue weighted by Gasteiger charge is 2.68. The molecule has 248 valence electrons. The Labute approximate surface area is 283 Å². The molecule has 0 aromatic rings. The molecule has 10 atom stereocenters. The Hall–Kier alpha value is -0.180. The van der Waals surface area contributed by atoms with Crippen molar-refractivity contribution in [1.29, 1.82) is 0 Å². The predicted molar refractivity (Wildman–Crippen MR) is 161 cm³/mol. The smallest absolute Gasteiger partial charge is 0.303 e. The van der Waals surface area contributed by atoms with Gasteiger partial charge in [0.2, 0.25) is 0 Å². The summed E-state index contributed by atoms with van der Waals surface area (Å²) in [5.74, 6) is 2.52. The minimum absolute atomic E-state index is 0. The number of likely N-dealkylation sites (N-methyl/N-ethyl adjacent to an activating group) is 2. The lowest BCUT2D eigenvalue weighted by Gasteiger charge is -2.63. The van der Waals surface area contributed by atoms with Crippen LogP contribution in [0.2, 0.25) is 0 Å². The van der Waals surface area contributed by atoms with Crippen molar-refractivity contribution in [2.24, 2.45) is 34.5 Å². The van der Waals surface area contributed by atoms with E-state index >= 15 is 0 Å². The molecule has 6 nitrogen and oxygen atoms in total. The van der Waals surface area contributed by atoms with Crippen LogP contribution in [0.4, 0.5) is 0 Å². The van der Waals surface area contributed by atoms with Crippen molar-refractivity contribution in [1.82, 2.24) is 0 Å². The number of hydrogen-bond donors (Lipinski definition) is 0. The van der Waals surface area contributed by atoms with Crippen LogP contribution in [-0.4, -0.2) is 85.5 Å². The Morgan fingerprint density at radius 3 is 1.79 bits per heavy atom. The van der Waals surface area contributed by atoms with E-state index in [0.717, 1.165) is 21.3 Å². The number of piperidine rings is 2. The Morgan fingerprint density at radius 1 is 0.674 bits per heavy atom. The molecule has 0 N–H and O–H groups in total. The van der Waals surface area contributed by atoms with Crippen LogP contribution >= 0.6 is 0 Å². The number of ether oxygens (including phenoxy) is 2. The lowest BCUT2D eigenvalue weighted by Crippen LogP contribution is -3.00. The van der Waals surface area contributed by atoms with Gasteiger partial charge < -0.3 is 52.4 Å². The summed E-state index contributed by atoms with van der Waals surface area (Å²) in [5, 5.41) is 0. The number of fused-ring (bicyclic) bond motifs is 5. The molecule has 2 aliphatic heterocycles. The number of likely N-dealkylation sites (tertiary alicyclic amines) is 2. The third-order valence-electron chi connectivity index (χ3n) is 14.5. The predicted octanol–water partition coefficient (Wildman–Crippen LogP) is 0.119. The van der Waals surface area contributed by atoms with E-state index in [4.69, 9.17) is 9.47 Å². The average molecular weight is 733 g/mol. The Morgan fingerprint density at radius 2 is 1.23 bits per heavy atom. The van der Waals surface area contributed by atoms with E-state index in [2.05, 4.69) is 27.9 Å². The molecule has 0 spiro atoms. The first kappa shape index (κ1) is 35.7. The summed E-state index contributed by atoms with van der Waals surface area (Å²) in [7, 11) is 4.94. The van der Waals surface area contributed by atoms with E-state index in [0.29, 0.717) is 35.3 Å². The highest BCUT2D eigenvalue weighted by atomic mass is 79.9. The number of carbonyl (C=O) groups is 2. The lowest BCUT2D eigenvalue weighted by atomic mass is 9.44. The van der Waals surface area contributed by atoms with Crippen molar-refractivity contribution in [3.63, 3.8) is 0 Å². The van der Waals surface area contributed by atoms with Gasteiger partial charge in [-0.3, -0.25) is 9.59 Å². The molecule has 4 aliphatic carbocycles. The van der Waals surface area contributed by atoms with E-state index in [9.17, 15) is 9.59 Å². The highest BCUT2D eigenvalue weighted by molar-refractivity contribution is 5.66. The maximum atomic E-state index is 12.5. The van der Waals surface area contributed by atoms with Gasteiger partial charge in [0.05, 0.1) is 40.3 Å². The molecule has 6 rings (SSSR count). The summed E-state index contributed by atoms with van der Waals surface area (Å²) in [6.07, 6.45) is 16.4. The quantitative estimate of drug-likeness (QED) is 0.305. The van der Waals surface area contributed by atoms with Crippen molar-refractivity contribution in [2.75, 3.05) is 40.3 Å². The first-order valence-electron chi connectivity index (χ1n) is 17.4. The summed E-state index contributed by atoms with van der Waals surface area (Å²) in [6, 6.07) is 0.846. The van der Waals surface area contributed by atoms with Gasteiger partial charge in [-0.2, -0.15) is 0 Å². The maximum Gasteiger partial charge on any atom is 0.303 e. The summed E-state index contributed by atoms with van der Waals surface area (Å²) < 4.78 is 14.7. The van der Waals surface area contributed by atoms with Gasteiger partial charge in [0.1, 0.15) is 12.1 Å². The number of hydrogen-bond acceptors (Lipinski definition) is 4. The van der Waals surface area contributed by atoms with Gasteiger partial charge in [0, 0.05) is 32.1 Å². The number of nitrogens with zero attached hydrogens (tertiary/aromatic N) is 2. The molecular formula is C35H60Br2N2O4. The molecule has 0 aromatic carbocycles. The maximum absolute atomic E-state index is 12.5. The Kier molecular flexibility index (Phi) is 10.9. The monoisotopic (exact) mass is 730 g/mol. The molecule has 0 bridgehead atoms. The number of esters is 2. The summed E-state index contributed by atoms with van der Waals surface area (Å²) in [4.78, 5) is 24.8. The van der Waals surface area contributed by atoms with Gasteiger partial charge in [-0.25, -0.2) is 0 Å². The first-order valence-corrected chi connectivity index (χ1v) is 17.4. The van der Waals surface area contributed by atoms with Crippen LogP contribution in [0, 0.1) is 34.5 Å². The van der Waals surface area contributed by atoms with Gasteiger partial charge in [-0.15, -0.1) is 0 Å². The molecule has 4 unspecified atom stereocenters. The Balaban J connectivity index is 0.00000212. The van der Waals surface area contributed by atoms with Crippen LogP contribution in [0.5, 0.6) is 0 Å². The number of halogens is 2. The number of carbonyl (C=O) groups excluding carboxylic acids is 2. The van der Waals surface area contributed by atoms with Crippen molar-refractivity contribution in [3.05, 3.63) is 0 Å². The molecule has 6 aliphatic rings. The Bertz CT molecular complexity index is 1010. The zero-order valence-electron chi connectivity index (χ0n) is 27.9. The first-order chi connectivity index (χ1) is 19.4. The number of quaternary nitrogens is 2. The van der Waals surface area contributed by atoms with E-state index < -0.39 is 0 Å². The third-order valence-corrected chi connectivity index (χ3v) is 14.5. The van der Waals surface area contributed by atoms with Crippen LogP contribution in [0.1, 0.15) is 111 Å². The molecule has 4 saturated carbocycles. The van der Waals surface area contributed by atoms with Gasteiger partial charge in [-0.05, 0) is 99.7 Å². The van der Waals surface area contributed by atoms with E-state index in [1.807, 2.05) is 0 Å². The largest absolute Gasteiger partial charge is 1.00 e. The second-order valence-electron chi connectivity index (χ2n) is 16.7. The minimum Gasteiger partial charge on any atom is -1.00 e. The lowest BCUT2D eigenvalue weighted by molar-refractivity contribution is -0.943. The van der Waals surface area contributed by atoms with Crippen LogP contribution in [0.15, 0.2) is 0 Å². The van der Waals surface area contributed by atoms with Crippen molar-refractivity contribution in [2.45, 2.75) is 135 Å². The van der Waals surface area contributed by atoms with Crippen LogP contribution in [-0.2, 0) is 19.1 Å². The van der Waals surface area contributed by atoms with Crippen molar-refractivity contribution in [3.8, 4) is 0 Å². The second-order valence-corrected chi connectivity index (χ2v) is 16.7. The summed E-state index contributed by atoms with van der Waals surface area (Å²) in [6.45, 7) is 13.3. The normalized spacial score (nSPS) is 44.7. The van der Waals surface area contributed by atoms with Gasteiger partial charge in [0.25, 0.3) is 0 Å². The molecule has 2 heterocycles. The van der Waals surface area contributed by atoms with Gasteiger partial charge in [0.15, 0.2) is 12.2 Å². The second kappa shape index (κ2) is 13.1. The highest BCUT2D eigenvalue weighted by Crippen LogP contribution is 2.68. The fourth-order valence-electron chi connectivity index (χ4n) is 12.3. The SMILES string of the molecule is CC(=O)O[C@H]1CC2CCC3C(CC[C@@]4(C)C3C[C@H]([N+]3(C)CCCCC3)[C@@H]4OC(C)=O)[C@@]2(C)C[C@@H]1[N+]1(C)CCCCC1.[Br-].[Br-]. The number of rotatable bonds is 4. The summed E-state index contributed by atoms with van der Waals surface area (Å²) in [5.41, 5.74) is 0.377. The zero-order chi connectivity index (χ0) is 29.2. The molecular weight excluding hydrogens is 672 g/mol. The van der Waals surface area contributed by atoms with Crippen molar-refractivity contribution < 1.29 is 62.0 Å². The standard InChI is InChI=1S/C35H60N2O4.2BrH/c1-24(38)40-32-21-26-13-14-27-28(35(26,4)23-31(32)37(6)19-11-8-12-20-37)15-16-34(3)29(27)22-30(33(34)41-25(2)39)36(5)17-9-7-10-18-36;;/h26-33H,7-23H2,1-6H3;2*1H/q+2;;/p-2/t26?,27?,28?,29?,30-,31-,32-,33-,34-,35-;;/m0../s1. The molecule has 8 heteroatoms. The minimum atomic E-state index is -0.0998. The summed E-state index contributed by atoms with van der Waals surface area (Å²) >= 11 is 0. The third kappa shape index (κ3) is 6.15. The fraction of sp³-hybridized carbons (Fsp3) is 0.943. The topological polar surface area (TPSA) is 52.6 Å². The molecule has 2 saturated heterocycles. The molecule has 0 radical (unpaired) electrons. The fourth-order valence-corrected chi connectivity index (χ4v) is 12.3. The van der Waals surface area contributed by atoms with Crippen molar-refractivity contribution >= 4 is 11.9 Å². The van der Waals surface area contributed by atoms with Crippen LogP contribution < -0.4 is 34.0 Å². The van der Waals surface area contributed by atoms with Gasteiger partial charge in [-0.1, -0.05) is 13.8 Å². The van der Waals surface area contributed by atoms with Crippen LogP contribution in [0.25, 0.3) is 0 Å². The average Bonchev–Trinajstić information content (AvgIpc) is 3.21. The van der Waals surface area contributed by atoms with E-state index in [1.54, 1.807) is 13.8 Å². The van der Waals surface area contributed by atoms with Crippen LogP contribution in [0.3, 0.4) is 0 Å². The van der Waals surface area contributed by atoms with E-state index in [-0.39, 0.29) is 63.5 Å². The van der Waals surface area contributed by atoms with E-state index in [1.165, 1.54) is 103 Å². The zero-order valence-corrected chi connectivity index (χ0v) is 31.1. The molecule has 0 amide bonds. The molecule has 43 heavy (non-hydrogen) atoms. The van der Waals surface area contributed by atoms with Gasteiger partial charge >= 0.3 is 11.9 Å².